The van der Waals surface area contributed by atoms with Gasteiger partial charge in [0.1, 0.15) is 11.4 Å². The topological polar surface area (TPSA) is 134 Å². The second-order valence-electron chi connectivity index (χ2n) is 6.63. The molecule has 33 heavy (non-hydrogen) atoms. The van der Waals surface area contributed by atoms with Gasteiger partial charge in [0, 0.05) is 27.7 Å². The highest BCUT2D eigenvalue weighted by atomic mass is 79.9. The van der Waals surface area contributed by atoms with E-state index in [2.05, 4.69) is 31.8 Å². The molecule has 0 saturated carbocycles. The first-order valence-corrected chi connectivity index (χ1v) is 10.3. The number of phenolic OH excluding ortho intramolecular Hbond substituents is 1. The predicted octanol–water partition coefficient (Wildman–Crippen LogP) is 3.98. The van der Waals surface area contributed by atoms with Crippen molar-refractivity contribution in [2.75, 3.05) is 0 Å². The van der Waals surface area contributed by atoms with Crippen molar-refractivity contribution >= 4 is 45.7 Å². The largest absolute Gasteiger partial charge is 0.507 e. The van der Waals surface area contributed by atoms with E-state index in [1.54, 1.807) is 42.5 Å². The molecule has 0 bridgehead atoms. The van der Waals surface area contributed by atoms with Gasteiger partial charge >= 0.3 is 0 Å². The Morgan fingerprint density at radius 1 is 1.03 bits per heavy atom. The highest BCUT2D eigenvalue weighted by molar-refractivity contribution is 9.10. The molecule has 0 atom stereocenters. The van der Waals surface area contributed by atoms with Gasteiger partial charge in [0.25, 0.3) is 17.5 Å². The van der Waals surface area contributed by atoms with Crippen LogP contribution in [0, 0.1) is 10.1 Å². The van der Waals surface area contributed by atoms with Gasteiger partial charge in [-0.2, -0.15) is 5.10 Å². The number of hydrazone groups is 1. The summed E-state index contributed by atoms with van der Waals surface area (Å²) in [5.74, 6) is -1.29. The van der Waals surface area contributed by atoms with E-state index in [0.717, 1.165) is 0 Å². The van der Waals surface area contributed by atoms with Crippen LogP contribution in [-0.2, 0) is 4.79 Å². The lowest BCUT2D eigenvalue weighted by atomic mass is 10.1. The number of halogens is 1. The molecule has 3 aromatic rings. The minimum absolute atomic E-state index is 0.0322. The number of nitro groups is 1. The van der Waals surface area contributed by atoms with Crippen LogP contribution >= 0.6 is 15.9 Å². The Morgan fingerprint density at radius 2 is 1.73 bits per heavy atom. The van der Waals surface area contributed by atoms with Crippen molar-refractivity contribution in [2.45, 2.75) is 0 Å². The zero-order valence-corrected chi connectivity index (χ0v) is 18.5. The number of carbonyl (C=O) groups excluding carboxylic acids is 2. The number of benzene rings is 3. The standard InChI is InChI=1S/C23H17BrN4O5/c24-18-8-11-21(29)17(13-18)14-25-27-23(31)20(26-22(30)16-4-2-1-3-5-16)12-15-6-9-19(10-7-15)28(32)33/h1-14,29H,(H,26,30)(H,27,31). The highest BCUT2D eigenvalue weighted by Crippen LogP contribution is 2.20. The molecule has 3 rings (SSSR count). The monoisotopic (exact) mass is 508 g/mol. The van der Waals surface area contributed by atoms with Crippen molar-refractivity contribution in [1.82, 2.24) is 10.7 Å². The highest BCUT2D eigenvalue weighted by Gasteiger charge is 2.15. The number of carbonyl (C=O) groups is 2. The van der Waals surface area contributed by atoms with Crippen LogP contribution in [0.2, 0.25) is 0 Å². The molecular weight excluding hydrogens is 492 g/mol. The van der Waals surface area contributed by atoms with Crippen molar-refractivity contribution in [3.63, 3.8) is 0 Å². The molecule has 3 aromatic carbocycles. The van der Waals surface area contributed by atoms with Crippen LogP contribution in [0.4, 0.5) is 5.69 Å². The summed E-state index contributed by atoms with van der Waals surface area (Å²) in [4.78, 5) is 35.6. The molecule has 0 aromatic heterocycles. The third-order valence-corrected chi connectivity index (χ3v) is 4.80. The van der Waals surface area contributed by atoms with E-state index < -0.39 is 16.7 Å². The van der Waals surface area contributed by atoms with Gasteiger partial charge in [0.2, 0.25) is 0 Å². The van der Waals surface area contributed by atoms with Crippen LogP contribution < -0.4 is 10.7 Å². The zero-order chi connectivity index (χ0) is 23.8. The van der Waals surface area contributed by atoms with Gasteiger partial charge in [-0.05, 0) is 54.1 Å². The molecule has 0 saturated heterocycles. The maximum absolute atomic E-state index is 12.7. The molecule has 10 heteroatoms. The fourth-order valence-electron chi connectivity index (χ4n) is 2.65. The Balaban J connectivity index is 1.84. The summed E-state index contributed by atoms with van der Waals surface area (Å²) in [6.07, 6.45) is 2.62. The number of aromatic hydroxyl groups is 1. The molecule has 166 valence electrons. The number of non-ortho nitro benzene ring substituents is 1. The lowest BCUT2D eigenvalue weighted by molar-refractivity contribution is -0.384. The molecule has 0 unspecified atom stereocenters. The van der Waals surface area contributed by atoms with Crippen molar-refractivity contribution in [3.8, 4) is 5.75 Å². The van der Waals surface area contributed by atoms with Crippen molar-refractivity contribution < 1.29 is 19.6 Å². The summed E-state index contributed by atoms with van der Waals surface area (Å²) in [6.45, 7) is 0. The third-order valence-electron chi connectivity index (χ3n) is 4.30. The van der Waals surface area contributed by atoms with E-state index in [1.165, 1.54) is 42.6 Å². The zero-order valence-electron chi connectivity index (χ0n) is 16.9. The smallest absolute Gasteiger partial charge is 0.287 e. The van der Waals surface area contributed by atoms with Crippen LogP contribution in [0.15, 0.2) is 88.1 Å². The number of hydrogen-bond donors (Lipinski definition) is 3. The minimum atomic E-state index is -0.733. The number of hydrogen-bond acceptors (Lipinski definition) is 6. The Hall–Kier alpha value is -4.31. The Labute approximate surface area is 196 Å². The summed E-state index contributed by atoms with van der Waals surface area (Å²) < 4.78 is 0.710. The van der Waals surface area contributed by atoms with E-state index in [9.17, 15) is 24.8 Å². The molecule has 3 N–H and O–H groups in total. The molecular formula is C23H17BrN4O5. The first-order chi connectivity index (χ1) is 15.8. The summed E-state index contributed by atoms with van der Waals surface area (Å²) in [6, 6.07) is 18.5. The number of nitrogens with one attached hydrogen (secondary N) is 2. The normalized spacial score (nSPS) is 11.2. The number of nitro benzene ring substituents is 1. The maximum atomic E-state index is 12.7. The van der Waals surface area contributed by atoms with Gasteiger partial charge in [-0.1, -0.05) is 34.1 Å². The predicted molar refractivity (Wildman–Crippen MR) is 127 cm³/mol. The van der Waals surface area contributed by atoms with E-state index in [-0.39, 0.29) is 17.1 Å². The van der Waals surface area contributed by atoms with Gasteiger partial charge in [0.05, 0.1) is 11.1 Å². The Morgan fingerprint density at radius 3 is 2.39 bits per heavy atom. The number of amides is 2. The Kier molecular flexibility index (Phi) is 7.66. The summed E-state index contributed by atoms with van der Waals surface area (Å²) >= 11 is 3.28. The van der Waals surface area contributed by atoms with Gasteiger partial charge in [-0.15, -0.1) is 0 Å². The summed E-state index contributed by atoms with van der Waals surface area (Å²) in [7, 11) is 0. The fourth-order valence-corrected chi connectivity index (χ4v) is 3.03. The van der Waals surface area contributed by atoms with Gasteiger partial charge in [0.15, 0.2) is 0 Å². The molecule has 0 radical (unpaired) electrons. The molecule has 0 fully saturated rings. The van der Waals surface area contributed by atoms with Crippen molar-refractivity contribution in [3.05, 3.63) is 110 Å². The lowest BCUT2D eigenvalue weighted by Gasteiger charge is -2.09. The molecule has 0 spiro atoms. The van der Waals surface area contributed by atoms with Crippen LogP contribution in [0.1, 0.15) is 21.5 Å². The number of nitrogens with zero attached hydrogens (tertiary/aromatic N) is 2. The van der Waals surface area contributed by atoms with Crippen LogP contribution in [-0.4, -0.2) is 28.1 Å². The molecule has 0 aliphatic carbocycles. The SMILES string of the molecule is O=C(NN=Cc1cc(Br)ccc1O)C(=Cc1ccc([N+](=O)[O-])cc1)NC(=O)c1ccccc1. The average Bonchev–Trinajstić information content (AvgIpc) is 2.81. The fraction of sp³-hybridized carbons (Fsp3) is 0. The summed E-state index contributed by atoms with van der Waals surface area (Å²) in [5, 5.41) is 27.1. The first kappa shape index (κ1) is 23.4. The quantitative estimate of drug-likeness (QED) is 0.192. The molecule has 2 amide bonds. The minimum Gasteiger partial charge on any atom is -0.507 e. The van der Waals surface area contributed by atoms with E-state index in [4.69, 9.17) is 0 Å². The second kappa shape index (κ2) is 10.8. The number of phenols is 1. The molecule has 9 nitrogen and oxygen atoms in total. The van der Waals surface area contributed by atoms with Crippen molar-refractivity contribution in [2.24, 2.45) is 5.10 Å². The van der Waals surface area contributed by atoms with E-state index in [1.807, 2.05) is 0 Å². The third kappa shape index (κ3) is 6.58. The van der Waals surface area contributed by atoms with Gasteiger partial charge in [-0.3, -0.25) is 19.7 Å². The maximum Gasteiger partial charge on any atom is 0.287 e. The van der Waals surface area contributed by atoms with Gasteiger partial charge < -0.3 is 10.4 Å². The molecule has 0 aliphatic heterocycles. The van der Waals surface area contributed by atoms with E-state index >= 15 is 0 Å². The lowest BCUT2D eigenvalue weighted by Crippen LogP contribution is -2.32. The second-order valence-corrected chi connectivity index (χ2v) is 7.54. The summed E-state index contributed by atoms with van der Waals surface area (Å²) in [5.41, 5.74) is 3.21. The molecule has 0 aliphatic rings. The van der Waals surface area contributed by atoms with E-state index in [0.29, 0.717) is 21.2 Å². The van der Waals surface area contributed by atoms with Crippen LogP contribution in [0.3, 0.4) is 0 Å². The van der Waals surface area contributed by atoms with Crippen LogP contribution in [0.5, 0.6) is 5.75 Å². The molecule has 0 heterocycles. The average molecular weight is 509 g/mol. The number of rotatable bonds is 7. The Bertz CT molecular complexity index is 1240. The first-order valence-electron chi connectivity index (χ1n) is 9.48. The van der Waals surface area contributed by atoms with Gasteiger partial charge in [-0.25, -0.2) is 5.43 Å². The van der Waals surface area contributed by atoms with Crippen molar-refractivity contribution in [1.29, 1.82) is 0 Å². The van der Waals surface area contributed by atoms with Crippen LogP contribution in [0.25, 0.3) is 6.08 Å².